The third-order valence-electron chi connectivity index (χ3n) is 3.64. The van der Waals surface area contributed by atoms with Gasteiger partial charge in [-0.2, -0.15) is 0 Å². The van der Waals surface area contributed by atoms with Crippen molar-refractivity contribution in [2.45, 2.75) is 18.6 Å². The largest absolute Gasteiger partial charge is 0.377 e. The molecule has 2 unspecified atom stereocenters. The van der Waals surface area contributed by atoms with Crippen molar-refractivity contribution in [2.75, 3.05) is 38.8 Å². The molecule has 0 saturated carbocycles. The first-order valence-electron chi connectivity index (χ1n) is 6.48. The van der Waals surface area contributed by atoms with E-state index in [1.807, 2.05) is 12.1 Å². The molecule has 19 heavy (non-hydrogen) atoms. The highest BCUT2D eigenvalue weighted by molar-refractivity contribution is 6.31. The van der Waals surface area contributed by atoms with Gasteiger partial charge in [0.25, 0.3) is 0 Å². The number of methoxy groups -OCH3 is 2. The molecule has 1 saturated heterocycles. The fourth-order valence-corrected chi connectivity index (χ4v) is 2.77. The zero-order valence-electron chi connectivity index (χ0n) is 11.4. The van der Waals surface area contributed by atoms with E-state index in [9.17, 15) is 0 Å². The molecule has 4 nitrogen and oxygen atoms in total. The first-order chi connectivity index (χ1) is 9.19. The molecule has 5 heteroatoms. The highest BCUT2D eigenvalue weighted by Crippen LogP contribution is 2.28. The molecule has 0 spiro atoms. The van der Waals surface area contributed by atoms with Gasteiger partial charge in [0.2, 0.25) is 0 Å². The number of hydrogen-bond donors (Lipinski definition) is 1. The lowest BCUT2D eigenvalue weighted by atomic mass is 10.1. The van der Waals surface area contributed by atoms with E-state index >= 15 is 0 Å². The molecular formula is C14H21ClN2O2. The minimum Gasteiger partial charge on any atom is -0.377 e. The molecule has 1 aromatic rings. The summed E-state index contributed by atoms with van der Waals surface area (Å²) in [6.45, 7) is 2.25. The van der Waals surface area contributed by atoms with Gasteiger partial charge in [0.15, 0.2) is 0 Å². The quantitative estimate of drug-likeness (QED) is 0.894. The maximum Gasteiger partial charge on any atom is 0.102 e. The summed E-state index contributed by atoms with van der Waals surface area (Å²) in [6.07, 6.45) is 1.01. The van der Waals surface area contributed by atoms with E-state index in [1.54, 1.807) is 14.2 Å². The van der Waals surface area contributed by atoms with Crippen LogP contribution in [-0.2, 0) is 15.9 Å². The highest BCUT2D eigenvalue weighted by Gasteiger charge is 2.33. The number of ether oxygens (including phenoxy) is 2. The van der Waals surface area contributed by atoms with Crippen LogP contribution in [0.1, 0.15) is 5.56 Å². The lowest BCUT2D eigenvalue weighted by Crippen LogP contribution is -2.27. The van der Waals surface area contributed by atoms with Gasteiger partial charge in [0.1, 0.15) is 12.2 Å². The number of nitrogens with zero attached hydrogens (tertiary/aromatic N) is 1. The molecule has 2 rings (SSSR count). The first-order valence-corrected chi connectivity index (χ1v) is 6.86. The first kappa shape index (κ1) is 14.6. The van der Waals surface area contributed by atoms with Crippen molar-refractivity contribution in [1.29, 1.82) is 0 Å². The summed E-state index contributed by atoms with van der Waals surface area (Å²) in [5.41, 5.74) is 7.76. The Kier molecular flexibility index (Phi) is 5.05. The number of benzene rings is 1. The maximum absolute atomic E-state index is 6.28. The molecule has 1 heterocycles. The lowest BCUT2D eigenvalue weighted by molar-refractivity contribution is -0.00461. The minimum absolute atomic E-state index is 0.104. The van der Waals surface area contributed by atoms with E-state index < -0.39 is 0 Å². The standard InChI is InChI=1S/C14H21ClN2O2/c1-18-13-8-17(9-14(13)19-2)11-4-3-10(5-6-16)12(15)7-11/h3-4,7,13-14H,5-6,8-9,16H2,1-2H3. The number of nitrogens with two attached hydrogens (primary N) is 1. The van der Waals surface area contributed by atoms with Gasteiger partial charge in [-0.1, -0.05) is 17.7 Å². The monoisotopic (exact) mass is 284 g/mol. The molecule has 2 N–H and O–H groups in total. The van der Waals surface area contributed by atoms with Gasteiger partial charge in [-0.05, 0) is 30.7 Å². The Morgan fingerprint density at radius 3 is 2.37 bits per heavy atom. The van der Waals surface area contributed by atoms with Crippen LogP contribution in [0.2, 0.25) is 5.02 Å². The topological polar surface area (TPSA) is 47.7 Å². The van der Waals surface area contributed by atoms with Gasteiger partial charge in [-0.25, -0.2) is 0 Å². The summed E-state index contributed by atoms with van der Waals surface area (Å²) < 4.78 is 10.9. The number of rotatable bonds is 5. The Bertz CT molecular complexity index is 416. The Labute approximate surface area is 119 Å². The molecule has 0 aliphatic carbocycles. The minimum atomic E-state index is 0.104. The molecule has 1 aromatic carbocycles. The Balaban J connectivity index is 2.13. The van der Waals surface area contributed by atoms with Gasteiger partial charge in [0, 0.05) is 38.0 Å². The molecule has 0 aromatic heterocycles. The van der Waals surface area contributed by atoms with Crippen LogP contribution < -0.4 is 10.6 Å². The third-order valence-corrected chi connectivity index (χ3v) is 3.99. The van der Waals surface area contributed by atoms with Gasteiger partial charge in [-0.3, -0.25) is 0 Å². The second-order valence-electron chi connectivity index (χ2n) is 4.77. The van der Waals surface area contributed by atoms with Crippen LogP contribution in [0.4, 0.5) is 5.69 Å². The molecule has 106 valence electrons. The summed E-state index contributed by atoms with van der Waals surface area (Å²) in [4.78, 5) is 2.24. The Hall–Kier alpha value is -0.810. The fraction of sp³-hybridized carbons (Fsp3) is 0.571. The van der Waals surface area contributed by atoms with Gasteiger partial charge < -0.3 is 20.1 Å². The van der Waals surface area contributed by atoms with Crippen LogP contribution in [0.5, 0.6) is 0 Å². The number of anilines is 1. The summed E-state index contributed by atoms with van der Waals surface area (Å²) >= 11 is 6.28. The molecule has 2 atom stereocenters. The average molecular weight is 285 g/mol. The SMILES string of the molecule is COC1CN(c2ccc(CCN)c(Cl)c2)CC1OC. The molecule has 0 bridgehead atoms. The van der Waals surface area contributed by atoms with Crippen LogP contribution in [0.3, 0.4) is 0 Å². The third kappa shape index (κ3) is 3.20. The molecular weight excluding hydrogens is 264 g/mol. The fourth-order valence-electron chi connectivity index (χ4n) is 2.50. The lowest BCUT2D eigenvalue weighted by Gasteiger charge is -2.19. The van der Waals surface area contributed by atoms with Crippen molar-refractivity contribution >= 4 is 17.3 Å². The number of hydrogen-bond acceptors (Lipinski definition) is 4. The molecule has 0 amide bonds. The van der Waals surface area contributed by atoms with Crippen LogP contribution in [0.25, 0.3) is 0 Å². The second kappa shape index (κ2) is 6.57. The normalized spacial score (nSPS) is 23.1. The smallest absolute Gasteiger partial charge is 0.102 e. The molecule has 1 aliphatic rings. The summed E-state index contributed by atoms with van der Waals surface area (Å²) in [6, 6.07) is 6.13. The number of halogens is 1. The van der Waals surface area contributed by atoms with E-state index in [4.69, 9.17) is 26.8 Å². The average Bonchev–Trinajstić information content (AvgIpc) is 2.84. The van der Waals surface area contributed by atoms with Crippen molar-refractivity contribution in [3.63, 3.8) is 0 Å². The summed E-state index contributed by atoms with van der Waals surface area (Å²) in [5, 5.41) is 0.776. The molecule has 1 aliphatic heterocycles. The Morgan fingerprint density at radius 1 is 1.26 bits per heavy atom. The van der Waals surface area contributed by atoms with Crippen molar-refractivity contribution in [3.05, 3.63) is 28.8 Å². The van der Waals surface area contributed by atoms with Crippen molar-refractivity contribution in [2.24, 2.45) is 5.73 Å². The predicted octanol–water partition coefficient (Wildman–Crippen LogP) is 1.69. The van der Waals surface area contributed by atoms with Gasteiger partial charge in [-0.15, -0.1) is 0 Å². The zero-order valence-corrected chi connectivity index (χ0v) is 12.2. The van der Waals surface area contributed by atoms with Gasteiger partial charge >= 0.3 is 0 Å². The van der Waals surface area contributed by atoms with Crippen LogP contribution in [0, 0.1) is 0 Å². The van der Waals surface area contributed by atoms with E-state index in [1.165, 1.54) is 0 Å². The maximum atomic E-state index is 6.28. The highest BCUT2D eigenvalue weighted by atomic mass is 35.5. The Morgan fingerprint density at radius 2 is 1.89 bits per heavy atom. The van der Waals surface area contributed by atoms with Crippen LogP contribution in [-0.4, -0.2) is 46.1 Å². The van der Waals surface area contributed by atoms with Crippen LogP contribution in [0.15, 0.2) is 18.2 Å². The predicted molar refractivity (Wildman–Crippen MR) is 78.0 cm³/mol. The van der Waals surface area contributed by atoms with Crippen LogP contribution >= 0.6 is 11.6 Å². The summed E-state index contributed by atoms with van der Waals surface area (Å²) in [7, 11) is 3.44. The van der Waals surface area contributed by atoms with E-state index in [2.05, 4.69) is 11.0 Å². The summed E-state index contributed by atoms with van der Waals surface area (Å²) in [5.74, 6) is 0. The molecule has 0 radical (unpaired) electrons. The van der Waals surface area contributed by atoms with E-state index in [-0.39, 0.29) is 12.2 Å². The van der Waals surface area contributed by atoms with Crippen molar-refractivity contribution in [3.8, 4) is 0 Å². The molecule has 1 fully saturated rings. The van der Waals surface area contributed by atoms with Crippen molar-refractivity contribution in [1.82, 2.24) is 0 Å². The second-order valence-corrected chi connectivity index (χ2v) is 5.17. The van der Waals surface area contributed by atoms with Crippen molar-refractivity contribution < 1.29 is 9.47 Å². The van der Waals surface area contributed by atoms with E-state index in [0.29, 0.717) is 6.54 Å². The van der Waals surface area contributed by atoms with E-state index in [0.717, 1.165) is 35.8 Å². The van der Waals surface area contributed by atoms with Gasteiger partial charge in [0.05, 0.1) is 0 Å². The zero-order chi connectivity index (χ0) is 13.8.